The summed E-state index contributed by atoms with van der Waals surface area (Å²) in [5.41, 5.74) is 1.44. The first kappa shape index (κ1) is 24.5. The third kappa shape index (κ3) is 5.21. The normalized spacial score (nSPS) is 18.3. The molecule has 1 N–H and O–H groups in total. The quantitative estimate of drug-likeness (QED) is 0.585. The lowest BCUT2D eigenvalue weighted by molar-refractivity contribution is 0.0928. The number of hydrogen-bond acceptors (Lipinski definition) is 6. The minimum absolute atomic E-state index is 0.0390. The number of fused-ring (bicyclic) bond motifs is 1. The number of likely N-dealkylation sites (tertiary alicyclic amines) is 1. The fourth-order valence-corrected chi connectivity index (χ4v) is 6.12. The first-order valence-corrected chi connectivity index (χ1v) is 13.4. The van der Waals surface area contributed by atoms with Gasteiger partial charge in [-0.15, -0.1) is 0 Å². The summed E-state index contributed by atoms with van der Waals surface area (Å²) in [7, 11) is -3.76. The Balaban J connectivity index is 1.53. The van der Waals surface area contributed by atoms with E-state index in [4.69, 9.17) is 9.47 Å². The van der Waals surface area contributed by atoms with E-state index in [9.17, 15) is 13.2 Å². The average Bonchev–Trinajstić information content (AvgIpc) is 3.29. The maximum atomic E-state index is 13.3. The molecule has 1 fully saturated rings. The number of rotatable bonds is 9. The highest BCUT2D eigenvalue weighted by Crippen LogP contribution is 2.37. The van der Waals surface area contributed by atoms with Crippen molar-refractivity contribution in [3.05, 3.63) is 53.6 Å². The molecule has 0 bridgehead atoms. The lowest BCUT2D eigenvalue weighted by atomic mass is 10.1. The second-order valence-electron chi connectivity index (χ2n) is 8.55. The van der Waals surface area contributed by atoms with Crippen molar-refractivity contribution in [1.82, 2.24) is 14.5 Å². The summed E-state index contributed by atoms with van der Waals surface area (Å²) in [4.78, 5) is 15.7. The number of nitrogens with zero attached hydrogens (tertiary/aromatic N) is 2. The highest BCUT2D eigenvalue weighted by Gasteiger charge is 2.30. The van der Waals surface area contributed by atoms with Crippen LogP contribution in [-0.4, -0.2) is 69.0 Å². The lowest BCUT2D eigenvalue weighted by Crippen LogP contribution is -2.40. The predicted molar refractivity (Wildman–Crippen MR) is 130 cm³/mol. The molecule has 1 saturated heterocycles. The molecule has 8 nitrogen and oxygen atoms in total. The Labute approximate surface area is 201 Å². The van der Waals surface area contributed by atoms with Gasteiger partial charge in [0.2, 0.25) is 10.0 Å². The predicted octanol–water partition coefficient (Wildman–Crippen LogP) is 2.88. The molecule has 2 aromatic rings. The molecule has 1 unspecified atom stereocenters. The number of amides is 1. The maximum Gasteiger partial charge on any atom is 0.255 e. The average molecular weight is 488 g/mol. The van der Waals surface area contributed by atoms with E-state index in [1.807, 2.05) is 18.2 Å². The van der Waals surface area contributed by atoms with Crippen LogP contribution in [-0.2, 0) is 16.6 Å². The second kappa shape index (κ2) is 10.8. The first-order valence-electron chi connectivity index (χ1n) is 11.9. The van der Waals surface area contributed by atoms with E-state index in [0.717, 1.165) is 25.9 Å². The largest absolute Gasteiger partial charge is 0.486 e. The molecule has 2 aliphatic heterocycles. The number of carbonyl (C=O) groups is 1. The molecule has 1 amide bonds. The standard InChI is InChI=1S/C25H33N3O5S/c1-3-28(4-2)34(30,31)21-15-22(24-23(16-21)32-13-14-33-24)25(29)26-17-20-11-8-12-27(20)18-19-9-6-5-7-10-19/h5-7,9-10,15-16,20H,3-4,8,11-14,17-18H2,1-2H3,(H,26,29). The fourth-order valence-electron chi connectivity index (χ4n) is 4.62. The molecule has 0 aliphatic carbocycles. The molecular formula is C25H33N3O5S. The van der Waals surface area contributed by atoms with Gasteiger partial charge in [0.05, 0.1) is 10.5 Å². The molecule has 0 radical (unpaired) electrons. The molecule has 2 heterocycles. The van der Waals surface area contributed by atoms with Crippen molar-refractivity contribution in [2.45, 2.75) is 44.2 Å². The second-order valence-corrected chi connectivity index (χ2v) is 10.5. The smallest absolute Gasteiger partial charge is 0.255 e. The zero-order chi connectivity index (χ0) is 24.1. The third-order valence-corrected chi connectivity index (χ3v) is 8.46. The van der Waals surface area contributed by atoms with Crippen LogP contribution in [0.25, 0.3) is 0 Å². The summed E-state index contributed by atoms with van der Waals surface area (Å²) in [6.07, 6.45) is 2.08. The van der Waals surface area contributed by atoms with Crippen molar-refractivity contribution in [2.75, 3.05) is 39.4 Å². The summed E-state index contributed by atoms with van der Waals surface area (Å²) >= 11 is 0. The van der Waals surface area contributed by atoms with Gasteiger partial charge < -0.3 is 14.8 Å². The summed E-state index contributed by atoms with van der Waals surface area (Å²) in [5, 5.41) is 3.02. The highest BCUT2D eigenvalue weighted by atomic mass is 32.2. The van der Waals surface area contributed by atoms with Crippen LogP contribution in [0.5, 0.6) is 11.5 Å². The van der Waals surface area contributed by atoms with Gasteiger partial charge in [-0.3, -0.25) is 9.69 Å². The van der Waals surface area contributed by atoms with Gasteiger partial charge in [0, 0.05) is 38.3 Å². The van der Waals surface area contributed by atoms with Crippen LogP contribution in [0.4, 0.5) is 0 Å². The van der Waals surface area contributed by atoms with Gasteiger partial charge >= 0.3 is 0 Å². The van der Waals surface area contributed by atoms with E-state index in [0.29, 0.717) is 38.6 Å². The van der Waals surface area contributed by atoms with Crippen LogP contribution in [0.2, 0.25) is 0 Å². The van der Waals surface area contributed by atoms with E-state index in [1.54, 1.807) is 13.8 Å². The molecule has 184 valence electrons. The zero-order valence-corrected chi connectivity index (χ0v) is 20.6. The van der Waals surface area contributed by atoms with Crippen LogP contribution in [0, 0.1) is 0 Å². The number of benzene rings is 2. The van der Waals surface area contributed by atoms with Gasteiger partial charge in [0.25, 0.3) is 5.91 Å². The molecule has 4 rings (SSSR count). The monoisotopic (exact) mass is 487 g/mol. The van der Waals surface area contributed by atoms with Crippen LogP contribution in [0.1, 0.15) is 42.6 Å². The van der Waals surface area contributed by atoms with Gasteiger partial charge in [-0.1, -0.05) is 44.2 Å². The van der Waals surface area contributed by atoms with Crippen LogP contribution >= 0.6 is 0 Å². The minimum Gasteiger partial charge on any atom is -0.486 e. The molecule has 34 heavy (non-hydrogen) atoms. The summed E-state index contributed by atoms with van der Waals surface area (Å²) < 4.78 is 39.0. The zero-order valence-electron chi connectivity index (χ0n) is 19.8. The maximum absolute atomic E-state index is 13.3. The molecule has 9 heteroatoms. The first-order chi connectivity index (χ1) is 16.4. The van der Waals surface area contributed by atoms with Gasteiger partial charge in [-0.05, 0) is 31.0 Å². The van der Waals surface area contributed by atoms with Gasteiger partial charge in [-0.25, -0.2) is 8.42 Å². The van der Waals surface area contributed by atoms with E-state index in [2.05, 4.69) is 22.3 Å². The Kier molecular flexibility index (Phi) is 7.75. The van der Waals surface area contributed by atoms with Crippen molar-refractivity contribution < 1.29 is 22.7 Å². The molecule has 1 atom stereocenters. The SMILES string of the molecule is CCN(CC)S(=O)(=O)c1cc2c(c(C(=O)NCC3CCCN3Cc3ccccc3)c1)OCCO2. The molecule has 2 aliphatic rings. The van der Waals surface area contributed by atoms with Gasteiger partial charge in [-0.2, -0.15) is 4.31 Å². The Morgan fingerprint density at radius 1 is 1.12 bits per heavy atom. The molecule has 0 aromatic heterocycles. The summed E-state index contributed by atoms with van der Waals surface area (Å²) in [6, 6.07) is 13.4. The van der Waals surface area contributed by atoms with Gasteiger partial charge in [0.15, 0.2) is 11.5 Å². The lowest BCUT2D eigenvalue weighted by Gasteiger charge is -2.26. The summed E-state index contributed by atoms with van der Waals surface area (Å²) in [6.45, 7) is 7.17. The van der Waals surface area contributed by atoms with Crippen molar-refractivity contribution in [3.63, 3.8) is 0 Å². The Morgan fingerprint density at radius 3 is 2.59 bits per heavy atom. The van der Waals surface area contributed by atoms with E-state index < -0.39 is 10.0 Å². The van der Waals surface area contributed by atoms with Gasteiger partial charge in [0.1, 0.15) is 13.2 Å². The van der Waals surface area contributed by atoms with E-state index in [1.165, 1.54) is 22.0 Å². The Bertz CT molecular complexity index is 1100. The van der Waals surface area contributed by atoms with Crippen molar-refractivity contribution >= 4 is 15.9 Å². The van der Waals surface area contributed by atoms with Crippen molar-refractivity contribution in [2.24, 2.45) is 0 Å². The molecular weight excluding hydrogens is 454 g/mol. The van der Waals surface area contributed by atoms with Crippen LogP contribution in [0.15, 0.2) is 47.4 Å². The fraction of sp³-hybridized carbons (Fsp3) is 0.480. The van der Waals surface area contributed by atoms with Crippen LogP contribution < -0.4 is 14.8 Å². The number of nitrogens with one attached hydrogen (secondary N) is 1. The van der Waals surface area contributed by atoms with E-state index in [-0.39, 0.29) is 28.2 Å². The number of ether oxygens (including phenoxy) is 2. The third-order valence-electron chi connectivity index (χ3n) is 6.43. The van der Waals surface area contributed by atoms with E-state index >= 15 is 0 Å². The number of carbonyl (C=O) groups excluding carboxylic acids is 1. The van der Waals surface area contributed by atoms with Crippen LogP contribution in [0.3, 0.4) is 0 Å². The van der Waals surface area contributed by atoms with Crippen molar-refractivity contribution in [3.8, 4) is 11.5 Å². The Morgan fingerprint density at radius 2 is 1.85 bits per heavy atom. The molecule has 0 saturated carbocycles. The number of hydrogen-bond donors (Lipinski definition) is 1. The molecule has 0 spiro atoms. The highest BCUT2D eigenvalue weighted by molar-refractivity contribution is 7.89. The molecule has 2 aromatic carbocycles. The van der Waals surface area contributed by atoms with Crippen molar-refractivity contribution in [1.29, 1.82) is 0 Å². The summed E-state index contributed by atoms with van der Waals surface area (Å²) in [5.74, 6) is 0.232. The number of sulfonamides is 1. The topological polar surface area (TPSA) is 88.2 Å². The Hall–Kier alpha value is -2.62. The minimum atomic E-state index is -3.76.